The Bertz CT molecular complexity index is 685. The molecule has 5 heteroatoms. The van der Waals surface area contributed by atoms with E-state index >= 15 is 0 Å². The Balaban J connectivity index is 1.41. The second-order valence-corrected chi connectivity index (χ2v) is 5.82. The molecule has 0 aliphatic carbocycles. The largest absolute Gasteiger partial charge is 0.497 e. The number of benzene rings is 2. The van der Waals surface area contributed by atoms with Crippen molar-refractivity contribution in [2.75, 3.05) is 13.7 Å². The predicted molar refractivity (Wildman–Crippen MR) is 92.0 cm³/mol. The molecule has 0 saturated heterocycles. The lowest BCUT2D eigenvalue weighted by atomic mass is 9.99. The van der Waals surface area contributed by atoms with Crippen molar-refractivity contribution in [2.45, 2.75) is 25.7 Å². The molecule has 3 rings (SSSR count). The molecule has 0 fully saturated rings. The number of urea groups is 1. The summed E-state index contributed by atoms with van der Waals surface area (Å²) in [6.45, 7) is 1.59. The predicted octanol–water partition coefficient (Wildman–Crippen LogP) is 2.64. The lowest BCUT2D eigenvalue weighted by Gasteiger charge is -2.25. The molecule has 2 aromatic rings. The van der Waals surface area contributed by atoms with E-state index in [1.807, 2.05) is 36.4 Å². The number of hydrogen-bond donors (Lipinski definition) is 2. The fourth-order valence-electron chi connectivity index (χ4n) is 2.74. The van der Waals surface area contributed by atoms with Crippen molar-refractivity contribution in [1.29, 1.82) is 0 Å². The zero-order valence-electron chi connectivity index (χ0n) is 13.7. The fraction of sp³-hybridized carbons (Fsp3) is 0.316. The van der Waals surface area contributed by atoms with Gasteiger partial charge >= 0.3 is 6.03 Å². The summed E-state index contributed by atoms with van der Waals surface area (Å²) in [5.41, 5.74) is 3.56. The summed E-state index contributed by atoms with van der Waals surface area (Å²) >= 11 is 0. The van der Waals surface area contributed by atoms with Crippen LogP contribution in [0.4, 0.5) is 4.79 Å². The van der Waals surface area contributed by atoms with E-state index in [0.717, 1.165) is 17.7 Å². The molecule has 2 N–H and O–H groups in total. The molecule has 1 heterocycles. The Morgan fingerprint density at radius 1 is 1.12 bits per heavy atom. The van der Waals surface area contributed by atoms with Gasteiger partial charge < -0.3 is 20.1 Å². The summed E-state index contributed by atoms with van der Waals surface area (Å²) in [4.78, 5) is 11.9. The quantitative estimate of drug-likeness (QED) is 0.888. The monoisotopic (exact) mass is 326 g/mol. The van der Waals surface area contributed by atoms with E-state index in [2.05, 4.69) is 22.8 Å². The molecule has 24 heavy (non-hydrogen) atoms. The van der Waals surface area contributed by atoms with Crippen molar-refractivity contribution in [2.24, 2.45) is 0 Å². The molecule has 1 aliphatic rings. The third kappa shape index (κ3) is 4.26. The van der Waals surface area contributed by atoms with Gasteiger partial charge in [-0.15, -0.1) is 0 Å². The minimum Gasteiger partial charge on any atom is -0.497 e. The zero-order chi connectivity index (χ0) is 16.8. The third-order valence-electron chi connectivity index (χ3n) is 4.14. The van der Waals surface area contributed by atoms with Gasteiger partial charge in [-0.25, -0.2) is 4.79 Å². The van der Waals surface area contributed by atoms with Crippen LogP contribution in [0, 0.1) is 0 Å². The van der Waals surface area contributed by atoms with Crippen molar-refractivity contribution < 1.29 is 14.3 Å². The summed E-state index contributed by atoms with van der Waals surface area (Å²) < 4.78 is 10.9. The van der Waals surface area contributed by atoms with Crippen LogP contribution >= 0.6 is 0 Å². The number of rotatable bonds is 5. The highest BCUT2D eigenvalue weighted by Gasteiger charge is 2.19. The summed E-state index contributed by atoms with van der Waals surface area (Å²) in [6.07, 6.45) is 0.848. The Kier molecular flexibility index (Phi) is 5.33. The molecule has 0 aromatic heterocycles. The number of amides is 2. The Morgan fingerprint density at radius 3 is 2.62 bits per heavy atom. The Labute approximate surface area is 142 Å². The molecule has 2 aromatic carbocycles. The summed E-state index contributed by atoms with van der Waals surface area (Å²) in [6, 6.07) is 15.7. The highest BCUT2D eigenvalue weighted by molar-refractivity contribution is 5.73. The van der Waals surface area contributed by atoms with Crippen molar-refractivity contribution in [3.05, 3.63) is 65.2 Å². The highest BCUT2D eigenvalue weighted by Crippen LogP contribution is 2.19. The smallest absolute Gasteiger partial charge is 0.315 e. The molecule has 1 aliphatic heterocycles. The molecule has 2 amide bonds. The molecule has 126 valence electrons. The summed E-state index contributed by atoms with van der Waals surface area (Å²) in [5, 5.41) is 5.72. The van der Waals surface area contributed by atoms with E-state index in [4.69, 9.17) is 9.47 Å². The molecule has 1 atom stereocenters. The topological polar surface area (TPSA) is 59.6 Å². The molecule has 1 unspecified atom stereocenters. The number of nitrogens with one attached hydrogen (secondary N) is 2. The summed E-state index contributed by atoms with van der Waals surface area (Å²) in [5.74, 6) is 0.804. The van der Waals surface area contributed by atoms with Gasteiger partial charge in [0.1, 0.15) is 5.75 Å². The highest BCUT2D eigenvalue weighted by atomic mass is 16.5. The number of ether oxygens (including phenoxy) is 2. The molecule has 0 bridgehead atoms. The second-order valence-electron chi connectivity index (χ2n) is 5.82. The molecule has 5 nitrogen and oxygen atoms in total. The zero-order valence-corrected chi connectivity index (χ0v) is 13.7. The first-order valence-corrected chi connectivity index (χ1v) is 8.07. The van der Waals surface area contributed by atoms with Crippen molar-refractivity contribution in [3.63, 3.8) is 0 Å². The first-order valence-electron chi connectivity index (χ1n) is 8.07. The summed E-state index contributed by atoms with van der Waals surface area (Å²) in [7, 11) is 1.63. The maximum atomic E-state index is 11.9. The van der Waals surface area contributed by atoms with E-state index in [1.165, 1.54) is 11.1 Å². The number of methoxy groups -OCH3 is 1. The van der Waals surface area contributed by atoms with Crippen LogP contribution < -0.4 is 15.4 Å². The second kappa shape index (κ2) is 7.84. The third-order valence-corrected chi connectivity index (χ3v) is 4.14. The van der Waals surface area contributed by atoms with Crippen LogP contribution in [0.3, 0.4) is 0 Å². The minimum atomic E-state index is -0.187. The maximum absolute atomic E-state index is 11.9. The SMILES string of the molecule is COc1ccc(CNC(=O)NCC2Cc3ccccc3CO2)cc1. The van der Waals surface area contributed by atoms with Gasteiger partial charge in [-0.05, 0) is 28.8 Å². The van der Waals surface area contributed by atoms with Crippen LogP contribution in [-0.4, -0.2) is 25.8 Å². The molecule has 0 spiro atoms. The van der Waals surface area contributed by atoms with Gasteiger partial charge in [0, 0.05) is 19.5 Å². The van der Waals surface area contributed by atoms with Crippen LogP contribution in [0.15, 0.2) is 48.5 Å². The number of hydrogen-bond acceptors (Lipinski definition) is 3. The van der Waals surface area contributed by atoms with Crippen LogP contribution in [0.25, 0.3) is 0 Å². The van der Waals surface area contributed by atoms with Gasteiger partial charge in [0.15, 0.2) is 0 Å². The van der Waals surface area contributed by atoms with Crippen LogP contribution in [0.1, 0.15) is 16.7 Å². The van der Waals surface area contributed by atoms with Gasteiger partial charge in [-0.2, -0.15) is 0 Å². The minimum absolute atomic E-state index is 0.0200. The first kappa shape index (κ1) is 16.3. The standard InChI is InChI=1S/C19H22N2O3/c1-23-17-8-6-14(7-9-17)11-20-19(22)21-12-18-10-15-4-2-3-5-16(15)13-24-18/h2-9,18H,10-13H2,1H3,(H2,20,21,22). The van der Waals surface area contributed by atoms with Crippen molar-refractivity contribution >= 4 is 6.03 Å². The van der Waals surface area contributed by atoms with E-state index in [9.17, 15) is 4.79 Å². The lowest BCUT2D eigenvalue weighted by Crippen LogP contribution is -2.41. The van der Waals surface area contributed by atoms with Gasteiger partial charge in [-0.3, -0.25) is 0 Å². The Morgan fingerprint density at radius 2 is 1.88 bits per heavy atom. The normalized spacial score (nSPS) is 16.1. The van der Waals surface area contributed by atoms with Gasteiger partial charge in [0.2, 0.25) is 0 Å². The van der Waals surface area contributed by atoms with Gasteiger partial charge in [0.25, 0.3) is 0 Å². The first-order chi connectivity index (χ1) is 11.7. The van der Waals surface area contributed by atoms with Crippen LogP contribution in [0.5, 0.6) is 5.75 Å². The molecular formula is C19H22N2O3. The molecular weight excluding hydrogens is 304 g/mol. The van der Waals surface area contributed by atoms with Gasteiger partial charge in [-0.1, -0.05) is 36.4 Å². The van der Waals surface area contributed by atoms with Crippen LogP contribution in [0.2, 0.25) is 0 Å². The van der Waals surface area contributed by atoms with Crippen molar-refractivity contribution in [3.8, 4) is 5.75 Å². The number of carbonyl (C=O) groups is 1. The lowest BCUT2D eigenvalue weighted by molar-refractivity contribution is 0.0305. The van der Waals surface area contributed by atoms with E-state index in [0.29, 0.717) is 19.7 Å². The molecule has 0 saturated carbocycles. The maximum Gasteiger partial charge on any atom is 0.315 e. The molecule has 0 radical (unpaired) electrons. The Hall–Kier alpha value is -2.53. The van der Waals surface area contributed by atoms with E-state index in [-0.39, 0.29) is 12.1 Å². The average molecular weight is 326 g/mol. The van der Waals surface area contributed by atoms with Crippen LogP contribution in [-0.2, 0) is 24.3 Å². The van der Waals surface area contributed by atoms with E-state index < -0.39 is 0 Å². The van der Waals surface area contributed by atoms with E-state index in [1.54, 1.807) is 7.11 Å². The number of carbonyl (C=O) groups excluding carboxylic acids is 1. The van der Waals surface area contributed by atoms with Crippen molar-refractivity contribution in [1.82, 2.24) is 10.6 Å². The fourth-order valence-corrected chi connectivity index (χ4v) is 2.74. The average Bonchev–Trinajstić information content (AvgIpc) is 2.65. The van der Waals surface area contributed by atoms with Gasteiger partial charge in [0.05, 0.1) is 19.8 Å². The number of fused-ring (bicyclic) bond motifs is 1.